The molecule has 2 rings (SSSR count). The zero-order valence-corrected chi connectivity index (χ0v) is 12.6. The zero-order chi connectivity index (χ0) is 13.1. The van der Waals surface area contributed by atoms with Crippen molar-refractivity contribution in [1.82, 2.24) is 0 Å². The molecular formula is C14H12BrCl2N. The largest absolute Gasteiger partial charge is 0.324 e. The van der Waals surface area contributed by atoms with Crippen LogP contribution in [0.5, 0.6) is 0 Å². The molecule has 1 nitrogen and oxygen atoms in total. The van der Waals surface area contributed by atoms with Crippen molar-refractivity contribution in [2.75, 3.05) is 0 Å². The van der Waals surface area contributed by atoms with E-state index in [9.17, 15) is 0 Å². The molecule has 94 valence electrons. The molecule has 18 heavy (non-hydrogen) atoms. The molecule has 4 heteroatoms. The Balaban J connectivity index is 2.18. The van der Waals surface area contributed by atoms with Crippen molar-refractivity contribution < 1.29 is 0 Å². The fourth-order valence-corrected chi connectivity index (χ4v) is 2.73. The summed E-state index contributed by atoms with van der Waals surface area (Å²) in [5.74, 6) is 0. The van der Waals surface area contributed by atoms with E-state index in [-0.39, 0.29) is 6.04 Å². The predicted molar refractivity (Wildman–Crippen MR) is 81.2 cm³/mol. The van der Waals surface area contributed by atoms with Gasteiger partial charge in [0.25, 0.3) is 0 Å². The summed E-state index contributed by atoms with van der Waals surface area (Å²) in [4.78, 5) is 0. The van der Waals surface area contributed by atoms with Crippen LogP contribution in [0.15, 0.2) is 46.9 Å². The van der Waals surface area contributed by atoms with E-state index >= 15 is 0 Å². The van der Waals surface area contributed by atoms with E-state index in [2.05, 4.69) is 15.9 Å². The Kier molecular flexibility index (Phi) is 4.68. The van der Waals surface area contributed by atoms with Gasteiger partial charge in [0.2, 0.25) is 0 Å². The highest BCUT2D eigenvalue weighted by Gasteiger charge is 2.10. The third kappa shape index (κ3) is 3.48. The van der Waals surface area contributed by atoms with Crippen LogP contribution in [0, 0.1) is 0 Å². The Labute approximate surface area is 125 Å². The van der Waals surface area contributed by atoms with Crippen LogP contribution in [0.1, 0.15) is 17.2 Å². The highest BCUT2D eigenvalue weighted by molar-refractivity contribution is 9.10. The molecule has 0 heterocycles. The number of halogens is 3. The lowest BCUT2D eigenvalue weighted by Gasteiger charge is -2.13. The Morgan fingerprint density at radius 2 is 1.89 bits per heavy atom. The summed E-state index contributed by atoms with van der Waals surface area (Å²) in [6.45, 7) is 0. The van der Waals surface area contributed by atoms with Crippen LogP contribution in [0.25, 0.3) is 0 Å². The quantitative estimate of drug-likeness (QED) is 0.833. The molecule has 0 aromatic heterocycles. The Bertz CT molecular complexity index is 557. The Morgan fingerprint density at radius 1 is 1.11 bits per heavy atom. The van der Waals surface area contributed by atoms with Crippen molar-refractivity contribution in [2.24, 2.45) is 5.73 Å². The third-order valence-electron chi connectivity index (χ3n) is 2.73. The van der Waals surface area contributed by atoms with E-state index in [0.717, 1.165) is 20.6 Å². The van der Waals surface area contributed by atoms with Gasteiger partial charge >= 0.3 is 0 Å². The lowest BCUT2D eigenvalue weighted by atomic mass is 10.00. The van der Waals surface area contributed by atoms with Gasteiger partial charge in [-0.2, -0.15) is 0 Å². The fourth-order valence-electron chi connectivity index (χ4n) is 1.78. The van der Waals surface area contributed by atoms with Gasteiger partial charge in [0.1, 0.15) is 0 Å². The Hall–Kier alpha value is -0.540. The predicted octanol–water partition coefficient (Wildman–Crippen LogP) is 5.00. The van der Waals surface area contributed by atoms with E-state index in [4.69, 9.17) is 28.9 Å². The summed E-state index contributed by atoms with van der Waals surface area (Å²) in [6, 6.07) is 13.3. The molecule has 0 saturated heterocycles. The molecule has 0 spiro atoms. The average Bonchev–Trinajstić information content (AvgIpc) is 2.32. The van der Waals surface area contributed by atoms with Crippen LogP contribution in [0.4, 0.5) is 0 Å². The first-order chi connectivity index (χ1) is 8.56. The van der Waals surface area contributed by atoms with Gasteiger partial charge in [-0.1, -0.05) is 57.3 Å². The first-order valence-corrected chi connectivity index (χ1v) is 7.06. The summed E-state index contributed by atoms with van der Waals surface area (Å²) in [5.41, 5.74) is 8.22. The molecule has 0 aliphatic carbocycles. The molecule has 1 unspecified atom stereocenters. The maximum absolute atomic E-state index is 6.18. The van der Waals surface area contributed by atoms with Crippen LogP contribution in [0.2, 0.25) is 10.0 Å². The van der Waals surface area contributed by atoms with E-state index < -0.39 is 0 Å². The van der Waals surface area contributed by atoms with Crippen LogP contribution < -0.4 is 5.73 Å². The second-order valence-electron chi connectivity index (χ2n) is 4.10. The van der Waals surface area contributed by atoms with Crippen LogP contribution in [-0.2, 0) is 6.42 Å². The van der Waals surface area contributed by atoms with Crippen molar-refractivity contribution in [3.8, 4) is 0 Å². The van der Waals surface area contributed by atoms with Gasteiger partial charge in [0.15, 0.2) is 0 Å². The fraction of sp³-hybridized carbons (Fsp3) is 0.143. The number of hydrogen-bond donors (Lipinski definition) is 1. The summed E-state index contributed by atoms with van der Waals surface area (Å²) in [5, 5.41) is 1.42. The highest BCUT2D eigenvalue weighted by Crippen LogP contribution is 2.26. The lowest BCUT2D eigenvalue weighted by molar-refractivity contribution is 0.722. The third-order valence-corrected chi connectivity index (χ3v) is 3.81. The number of hydrogen-bond acceptors (Lipinski definition) is 1. The molecule has 0 amide bonds. The molecule has 0 fully saturated rings. The SMILES string of the molecule is NC(Cc1ccc(Br)cc1Cl)c1cccc(Cl)c1. The standard InChI is InChI=1S/C14H12BrCl2N/c15-11-5-4-9(13(17)8-11)7-14(18)10-2-1-3-12(16)6-10/h1-6,8,14H,7,18H2. The van der Waals surface area contributed by atoms with E-state index in [1.54, 1.807) is 0 Å². The maximum Gasteiger partial charge on any atom is 0.0449 e. The van der Waals surface area contributed by atoms with E-state index in [1.807, 2.05) is 42.5 Å². The monoisotopic (exact) mass is 343 g/mol. The number of benzene rings is 2. The van der Waals surface area contributed by atoms with Gasteiger partial charge in [-0.25, -0.2) is 0 Å². The molecule has 2 N–H and O–H groups in total. The molecule has 2 aromatic rings. The topological polar surface area (TPSA) is 26.0 Å². The normalized spacial score (nSPS) is 12.4. The minimum atomic E-state index is -0.109. The van der Waals surface area contributed by atoms with Crippen molar-refractivity contribution in [3.63, 3.8) is 0 Å². The van der Waals surface area contributed by atoms with Crippen LogP contribution in [-0.4, -0.2) is 0 Å². The van der Waals surface area contributed by atoms with Gasteiger partial charge < -0.3 is 5.73 Å². The summed E-state index contributed by atoms with van der Waals surface area (Å²) < 4.78 is 0.965. The zero-order valence-electron chi connectivity index (χ0n) is 9.54. The molecule has 0 aliphatic heterocycles. The minimum absolute atomic E-state index is 0.109. The molecule has 0 bridgehead atoms. The van der Waals surface area contributed by atoms with E-state index in [0.29, 0.717) is 11.4 Å². The lowest BCUT2D eigenvalue weighted by Crippen LogP contribution is -2.13. The molecule has 0 aliphatic rings. The average molecular weight is 345 g/mol. The van der Waals surface area contributed by atoms with Gasteiger partial charge in [-0.05, 0) is 41.8 Å². The second-order valence-corrected chi connectivity index (χ2v) is 5.86. The van der Waals surface area contributed by atoms with Crippen LogP contribution >= 0.6 is 39.1 Å². The maximum atomic E-state index is 6.18. The molecular weight excluding hydrogens is 333 g/mol. The second kappa shape index (κ2) is 6.07. The minimum Gasteiger partial charge on any atom is -0.324 e. The Morgan fingerprint density at radius 3 is 2.56 bits per heavy atom. The number of rotatable bonds is 3. The van der Waals surface area contributed by atoms with Crippen molar-refractivity contribution in [3.05, 3.63) is 68.1 Å². The summed E-state index contributed by atoms with van der Waals surface area (Å²) in [6.07, 6.45) is 0.687. The molecule has 2 aromatic carbocycles. The molecule has 0 saturated carbocycles. The summed E-state index contributed by atoms with van der Waals surface area (Å²) >= 11 is 15.5. The van der Waals surface area contributed by atoms with Gasteiger partial charge in [-0.15, -0.1) is 0 Å². The van der Waals surface area contributed by atoms with Crippen molar-refractivity contribution in [2.45, 2.75) is 12.5 Å². The molecule has 0 radical (unpaired) electrons. The molecule has 1 atom stereocenters. The van der Waals surface area contributed by atoms with Crippen molar-refractivity contribution in [1.29, 1.82) is 0 Å². The van der Waals surface area contributed by atoms with Gasteiger partial charge in [0.05, 0.1) is 0 Å². The van der Waals surface area contributed by atoms with E-state index in [1.165, 1.54) is 0 Å². The number of nitrogens with two attached hydrogens (primary N) is 1. The van der Waals surface area contributed by atoms with Gasteiger partial charge in [-0.3, -0.25) is 0 Å². The van der Waals surface area contributed by atoms with Crippen LogP contribution in [0.3, 0.4) is 0 Å². The first-order valence-electron chi connectivity index (χ1n) is 5.51. The highest BCUT2D eigenvalue weighted by atomic mass is 79.9. The first kappa shape index (κ1) is 13.9. The van der Waals surface area contributed by atoms with Gasteiger partial charge in [0, 0.05) is 20.6 Å². The smallest absolute Gasteiger partial charge is 0.0449 e. The summed E-state index contributed by atoms with van der Waals surface area (Å²) in [7, 11) is 0. The van der Waals surface area contributed by atoms with Crippen molar-refractivity contribution >= 4 is 39.1 Å².